The smallest absolute Gasteiger partial charge is 0.311 e. The van der Waals surface area contributed by atoms with Gasteiger partial charge in [-0.25, -0.2) is 0 Å². The van der Waals surface area contributed by atoms with Crippen molar-refractivity contribution in [3.05, 3.63) is 33.3 Å². The van der Waals surface area contributed by atoms with E-state index >= 15 is 0 Å². The second-order valence-electron chi connectivity index (χ2n) is 3.47. The maximum absolute atomic E-state index is 10.7. The minimum Gasteiger partial charge on any atom is -0.485 e. The Morgan fingerprint density at radius 2 is 2.24 bits per heavy atom. The van der Waals surface area contributed by atoms with Crippen LogP contribution in [0.4, 0.5) is 5.69 Å². The zero-order valence-corrected chi connectivity index (χ0v) is 10.4. The Morgan fingerprint density at radius 1 is 1.47 bits per heavy atom. The Hall–Kier alpha value is -1.33. The Morgan fingerprint density at radius 3 is 2.88 bits per heavy atom. The van der Waals surface area contributed by atoms with Gasteiger partial charge in [0.1, 0.15) is 6.61 Å². The van der Waals surface area contributed by atoms with Gasteiger partial charge in [-0.3, -0.25) is 10.1 Å². The molecule has 0 saturated heterocycles. The van der Waals surface area contributed by atoms with E-state index in [1.807, 2.05) is 0 Å². The van der Waals surface area contributed by atoms with Gasteiger partial charge >= 0.3 is 5.69 Å². The highest BCUT2D eigenvalue weighted by atomic mass is 35.5. The van der Waals surface area contributed by atoms with E-state index in [0.717, 1.165) is 13.0 Å². The molecule has 0 aliphatic heterocycles. The Bertz CT molecular complexity index is 385. The molecule has 0 aliphatic rings. The van der Waals surface area contributed by atoms with E-state index in [0.29, 0.717) is 18.2 Å². The Labute approximate surface area is 105 Å². The van der Waals surface area contributed by atoms with Crippen molar-refractivity contribution >= 4 is 17.3 Å². The summed E-state index contributed by atoms with van der Waals surface area (Å²) in [4.78, 5) is 10.3. The van der Waals surface area contributed by atoms with Crippen molar-refractivity contribution in [3.8, 4) is 5.75 Å². The summed E-state index contributed by atoms with van der Waals surface area (Å²) in [7, 11) is 0. The normalized spacial score (nSPS) is 10.2. The van der Waals surface area contributed by atoms with Crippen LogP contribution in [0.25, 0.3) is 0 Å². The lowest BCUT2D eigenvalue weighted by Gasteiger charge is -2.07. The largest absolute Gasteiger partial charge is 0.485 e. The van der Waals surface area contributed by atoms with Crippen LogP contribution in [0.1, 0.15) is 13.3 Å². The number of nitrogens with zero attached hydrogens (tertiary/aromatic N) is 1. The molecule has 17 heavy (non-hydrogen) atoms. The van der Waals surface area contributed by atoms with Crippen molar-refractivity contribution in [1.29, 1.82) is 0 Å². The number of halogens is 1. The van der Waals surface area contributed by atoms with Crippen LogP contribution < -0.4 is 10.1 Å². The SMILES string of the molecule is CCCNCCOc1cc(Cl)ccc1[N+](=O)[O-]. The van der Waals surface area contributed by atoms with E-state index in [1.54, 1.807) is 0 Å². The molecule has 6 heteroatoms. The fraction of sp³-hybridized carbons (Fsp3) is 0.455. The van der Waals surface area contributed by atoms with E-state index in [9.17, 15) is 10.1 Å². The van der Waals surface area contributed by atoms with Gasteiger partial charge in [0.25, 0.3) is 0 Å². The van der Waals surface area contributed by atoms with Gasteiger partial charge in [0.05, 0.1) is 4.92 Å². The summed E-state index contributed by atoms with van der Waals surface area (Å²) in [5.41, 5.74) is -0.0649. The molecule has 0 saturated carbocycles. The van der Waals surface area contributed by atoms with Gasteiger partial charge in [0.15, 0.2) is 5.75 Å². The quantitative estimate of drug-likeness (QED) is 0.464. The van der Waals surface area contributed by atoms with Gasteiger partial charge in [0.2, 0.25) is 0 Å². The van der Waals surface area contributed by atoms with Crippen molar-refractivity contribution in [2.45, 2.75) is 13.3 Å². The molecule has 0 aliphatic carbocycles. The van der Waals surface area contributed by atoms with Crippen LogP contribution in [0, 0.1) is 10.1 Å². The Balaban J connectivity index is 2.56. The predicted molar refractivity (Wildman–Crippen MR) is 66.8 cm³/mol. The lowest BCUT2D eigenvalue weighted by molar-refractivity contribution is -0.385. The number of hydrogen-bond acceptors (Lipinski definition) is 4. The first kappa shape index (κ1) is 13.7. The number of rotatable bonds is 7. The summed E-state index contributed by atoms with van der Waals surface area (Å²) < 4.78 is 5.34. The number of nitro groups is 1. The molecule has 1 aromatic carbocycles. The zero-order valence-electron chi connectivity index (χ0n) is 9.61. The summed E-state index contributed by atoms with van der Waals surface area (Å²) in [6.07, 6.45) is 1.04. The molecule has 1 N–H and O–H groups in total. The first-order valence-corrected chi connectivity index (χ1v) is 5.80. The summed E-state index contributed by atoms with van der Waals surface area (Å²) in [6.45, 7) is 4.00. The van der Waals surface area contributed by atoms with Crippen LogP contribution >= 0.6 is 11.6 Å². The van der Waals surface area contributed by atoms with E-state index in [2.05, 4.69) is 12.2 Å². The lowest BCUT2D eigenvalue weighted by atomic mass is 10.3. The fourth-order valence-electron chi connectivity index (χ4n) is 1.29. The topological polar surface area (TPSA) is 64.4 Å². The van der Waals surface area contributed by atoms with Gasteiger partial charge < -0.3 is 10.1 Å². The maximum atomic E-state index is 10.7. The molecule has 0 spiro atoms. The molecular weight excluding hydrogens is 244 g/mol. The maximum Gasteiger partial charge on any atom is 0.311 e. The molecule has 0 bridgehead atoms. The average molecular weight is 259 g/mol. The average Bonchev–Trinajstić information content (AvgIpc) is 2.28. The monoisotopic (exact) mass is 258 g/mol. The molecule has 0 radical (unpaired) electrons. The third-order valence-corrected chi connectivity index (χ3v) is 2.32. The van der Waals surface area contributed by atoms with Gasteiger partial charge in [-0.15, -0.1) is 0 Å². The fourth-order valence-corrected chi connectivity index (χ4v) is 1.45. The highest BCUT2D eigenvalue weighted by molar-refractivity contribution is 6.30. The summed E-state index contributed by atoms with van der Waals surface area (Å²) >= 11 is 5.77. The number of hydrogen-bond donors (Lipinski definition) is 1. The molecule has 5 nitrogen and oxygen atoms in total. The predicted octanol–water partition coefficient (Wildman–Crippen LogP) is 2.63. The molecule has 0 heterocycles. The van der Waals surface area contributed by atoms with Crippen LogP contribution in [-0.4, -0.2) is 24.6 Å². The molecule has 0 amide bonds. The summed E-state index contributed by atoms with van der Waals surface area (Å²) in [5.74, 6) is 0.209. The van der Waals surface area contributed by atoms with Crippen LogP contribution in [0.3, 0.4) is 0 Å². The molecule has 0 fully saturated rings. The van der Waals surface area contributed by atoms with Crippen LogP contribution in [0.15, 0.2) is 18.2 Å². The van der Waals surface area contributed by atoms with E-state index < -0.39 is 4.92 Å². The molecular formula is C11H15ClN2O3. The summed E-state index contributed by atoms with van der Waals surface area (Å²) in [5, 5.41) is 14.3. The van der Waals surface area contributed by atoms with Crippen LogP contribution in [0.2, 0.25) is 5.02 Å². The van der Waals surface area contributed by atoms with E-state index in [-0.39, 0.29) is 11.4 Å². The van der Waals surface area contributed by atoms with Gasteiger partial charge in [0, 0.05) is 23.7 Å². The lowest BCUT2D eigenvalue weighted by Crippen LogP contribution is -2.21. The van der Waals surface area contributed by atoms with Crippen molar-refractivity contribution in [1.82, 2.24) is 5.32 Å². The van der Waals surface area contributed by atoms with Crippen molar-refractivity contribution in [2.24, 2.45) is 0 Å². The van der Waals surface area contributed by atoms with Crippen LogP contribution in [0.5, 0.6) is 5.75 Å². The number of nitrogens with one attached hydrogen (secondary N) is 1. The number of benzene rings is 1. The minimum absolute atomic E-state index is 0.0649. The molecule has 94 valence electrons. The van der Waals surface area contributed by atoms with E-state index in [4.69, 9.17) is 16.3 Å². The highest BCUT2D eigenvalue weighted by Gasteiger charge is 2.14. The summed E-state index contributed by atoms with van der Waals surface area (Å²) in [6, 6.07) is 4.28. The minimum atomic E-state index is -0.481. The first-order valence-electron chi connectivity index (χ1n) is 5.42. The van der Waals surface area contributed by atoms with Crippen LogP contribution in [-0.2, 0) is 0 Å². The molecule has 1 aromatic rings. The molecule has 1 rings (SSSR count). The van der Waals surface area contributed by atoms with Gasteiger partial charge in [-0.1, -0.05) is 18.5 Å². The van der Waals surface area contributed by atoms with Crippen molar-refractivity contribution in [3.63, 3.8) is 0 Å². The van der Waals surface area contributed by atoms with E-state index in [1.165, 1.54) is 18.2 Å². The zero-order chi connectivity index (χ0) is 12.7. The molecule has 0 unspecified atom stereocenters. The first-order chi connectivity index (χ1) is 8.15. The van der Waals surface area contributed by atoms with Crippen molar-refractivity contribution in [2.75, 3.05) is 19.7 Å². The Kier molecular flexibility index (Phi) is 5.72. The third-order valence-electron chi connectivity index (χ3n) is 2.08. The van der Waals surface area contributed by atoms with Gasteiger partial charge in [-0.05, 0) is 19.0 Å². The molecule has 0 aromatic heterocycles. The standard InChI is InChI=1S/C11H15ClN2O3/c1-2-5-13-6-7-17-11-8-9(12)3-4-10(11)14(15)16/h3-4,8,13H,2,5-7H2,1H3. The van der Waals surface area contributed by atoms with Crippen molar-refractivity contribution < 1.29 is 9.66 Å². The third kappa shape index (κ3) is 4.58. The number of nitro benzene ring substituents is 1. The second-order valence-corrected chi connectivity index (χ2v) is 3.90. The van der Waals surface area contributed by atoms with Gasteiger partial charge in [-0.2, -0.15) is 0 Å². The molecule has 0 atom stereocenters. The highest BCUT2D eigenvalue weighted by Crippen LogP contribution is 2.29. The second kappa shape index (κ2) is 7.09. The number of ether oxygens (including phenoxy) is 1.